The molecule has 10 heteroatoms. The molecule has 0 aliphatic heterocycles. The van der Waals surface area contributed by atoms with E-state index in [9.17, 15) is 18.0 Å². The first-order valence-electron chi connectivity index (χ1n) is 10.0. The van der Waals surface area contributed by atoms with Gasteiger partial charge in [0, 0.05) is 18.8 Å². The Labute approximate surface area is 181 Å². The number of anilines is 1. The summed E-state index contributed by atoms with van der Waals surface area (Å²) < 4.78 is 39.1. The molecule has 0 saturated heterocycles. The van der Waals surface area contributed by atoms with Gasteiger partial charge in [0.05, 0.1) is 21.7 Å². The summed E-state index contributed by atoms with van der Waals surface area (Å²) in [6.45, 7) is 0.733. The first-order valence-corrected chi connectivity index (χ1v) is 10.4. The summed E-state index contributed by atoms with van der Waals surface area (Å²) in [6.07, 6.45) is 0.359. The third kappa shape index (κ3) is 4.76. The number of hydrogen-bond acceptors (Lipinski definition) is 4. The number of hydrogen-bond donors (Lipinski definition) is 3. The van der Waals surface area contributed by atoms with E-state index in [1.165, 1.54) is 12.1 Å². The number of H-pyrrole nitrogens is 1. The normalized spacial score (nSPS) is 19.4. The average molecular weight is 452 g/mol. The zero-order chi connectivity index (χ0) is 22.0. The third-order valence-corrected chi connectivity index (χ3v) is 6.02. The van der Waals surface area contributed by atoms with Gasteiger partial charge in [-0.2, -0.15) is 18.3 Å². The number of rotatable bonds is 5. The molecule has 3 N–H and O–H groups in total. The van der Waals surface area contributed by atoms with Crippen LogP contribution in [0.1, 0.15) is 41.6 Å². The van der Waals surface area contributed by atoms with E-state index in [1.807, 2.05) is 12.1 Å². The molecule has 1 aliphatic rings. The van der Waals surface area contributed by atoms with E-state index in [-0.39, 0.29) is 11.6 Å². The minimum atomic E-state index is -4.60. The number of alkyl halides is 3. The van der Waals surface area contributed by atoms with Crippen molar-refractivity contribution in [2.45, 2.75) is 37.9 Å². The molecule has 6 nitrogen and oxygen atoms in total. The van der Waals surface area contributed by atoms with Gasteiger partial charge in [-0.05, 0) is 55.9 Å². The fourth-order valence-corrected chi connectivity index (χ4v) is 4.24. The molecule has 3 aromatic rings. The highest BCUT2D eigenvalue weighted by Crippen LogP contribution is 2.36. The van der Waals surface area contributed by atoms with Crippen molar-refractivity contribution in [1.29, 1.82) is 0 Å². The van der Waals surface area contributed by atoms with Gasteiger partial charge in [0.15, 0.2) is 5.82 Å². The number of benzene rings is 1. The molecular weight excluding hydrogens is 431 g/mol. The lowest BCUT2D eigenvalue weighted by molar-refractivity contribution is -0.137. The molecule has 0 bridgehead atoms. The van der Waals surface area contributed by atoms with Gasteiger partial charge in [0.25, 0.3) is 5.91 Å². The van der Waals surface area contributed by atoms with Crippen LogP contribution in [0.2, 0.25) is 5.02 Å². The molecule has 2 heterocycles. The van der Waals surface area contributed by atoms with Crippen LogP contribution in [-0.4, -0.2) is 33.7 Å². The Kier molecular flexibility index (Phi) is 6.04. The van der Waals surface area contributed by atoms with E-state index in [0.717, 1.165) is 49.3 Å². The number of pyridine rings is 1. The molecule has 1 fully saturated rings. The molecule has 0 radical (unpaired) electrons. The highest BCUT2D eigenvalue weighted by atomic mass is 35.5. The Hall–Kier alpha value is -2.81. The zero-order valence-corrected chi connectivity index (χ0v) is 17.2. The predicted octanol–water partition coefficient (Wildman–Crippen LogP) is 5.03. The summed E-state index contributed by atoms with van der Waals surface area (Å²) >= 11 is 5.86. The van der Waals surface area contributed by atoms with E-state index in [4.69, 9.17) is 11.6 Å². The number of amides is 1. The van der Waals surface area contributed by atoms with Gasteiger partial charge in [-0.1, -0.05) is 17.7 Å². The van der Waals surface area contributed by atoms with E-state index < -0.39 is 22.7 Å². The van der Waals surface area contributed by atoms with Gasteiger partial charge < -0.3 is 10.6 Å². The van der Waals surface area contributed by atoms with Crippen molar-refractivity contribution >= 4 is 34.4 Å². The van der Waals surface area contributed by atoms with E-state index in [2.05, 4.69) is 25.8 Å². The fourth-order valence-electron chi connectivity index (χ4n) is 3.92. The lowest BCUT2D eigenvalue weighted by atomic mass is 9.86. The largest absolute Gasteiger partial charge is 0.417 e. The standard InChI is InChI=1S/C21H21ClF3N5O/c22-17-14(3-1-4-15(17)21(23,24)25)20(31)28-13-8-6-12(7-9-13)11-27-19-18-16(29-30-19)5-2-10-26-18/h1-5,10,12-13H,6-9,11H2,(H,28,31)(H2,27,29,30). The highest BCUT2D eigenvalue weighted by molar-refractivity contribution is 6.34. The van der Waals surface area contributed by atoms with Crippen LogP contribution >= 0.6 is 11.6 Å². The average Bonchev–Trinajstić information content (AvgIpc) is 3.15. The van der Waals surface area contributed by atoms with Crippen molar-refractivity contribution in [2.75, 3.05) is 11.9 Å². The number of aromatic amines is 1. The first-order chi connectivity index (χ1) is 14.8. The molecule has 164 valence electrons. The number of nitrogens with one attached hydrogen (secondary N) is 3. The smallest absolute Gasteiger partial charge is 0.367 e. The summed E-state index contributed by atoms with van der Waals surface area (Å²) in [5.41, 5.74) is 0.501. The van der Waals surface area contributed by atoms with E-state index >= 15 is 0 Å². The Morgan fingerprint density at radius 2 is 1.94 bits per heavy atom. The Balaban J connectivity index is 1.30. The van der Waals surface area contributed by atoms with Gasteiger partial charge in [0.1, 0.15) is 5.52 Å². The molecule has 0 atom stereocenters. The lowest BCUT2D eigenvalue weighted by Crippen LogP contribution is -2.38. The van der Waals surface area contributed by atoms with Crippen LogP contribution in [0, 0.1) is 5.92 Å². The van der Waals surface area contributed by atoms with E-state index in [1.54, 1.807) is 6.20 Å². The van der Waals surface area contributed by atoms with Crippen molar-refractivity contribution in [3.63, 3.8) is 0 Å². The summed E-state index contributed by atoms with van der Waals surface area (Å²) in [5, 5.41) is 12.8. The minimum Gasteiger partial charge on any atom is -0.367 e. The van der Waals surface area contributed by atoms with Gasteiger partial charge in [-0.25, -0.2) is 0 Å². The van der Waals surface area contributed by atoms with Crippen molar-refractivity contribution in [1.82, 2.24) is 20.5 Å². The Morgan fingerprint density at radius 1 is 1.16 bits per heavy atom. The second-order valence-electron chi connectivity index (χ2n) is 7.71. The highest BCUT2D eigenvalue weighted by Gasteiger charge is 2.35. The lowest BCUT2D eigenvalue weighted by Gasteiger charge is -2.29. The molecular formula is C21H21ClF3N5O. The van der Waals surface area contributed by atoms with Crippen molar-refractivity contribution in [2.24, 2.45) is 5.92 Å². The maximum Gasteiger partial charge on any atom is 0.417 e. The number of aromatic nitrogens is 3. The monoisotopic (exact) mass is 451 g/mol. The number of fused-ring (bicyclic) bond motifs is 1. The maximum atomic E-state index is 13.0. The number of halogens is 4. The predicted molar refractivity (Wildman–Crippen MR) is 112 cm³/mol. The third-order valence-electron chi connectivity index (χ3n) is 5.61. The number of nitrogens with zero attached hydrogens (tertiary/aromatic N) is 2. The molecule has 1 aromatic carbocycles. The van der Waals surface area contributed by atoms with Gasteiger partial charge in [-0.3, -0.25) is 14.9 Å². The van der Waals surface area contributed by atoms with Crippen LogP contribution in [-0.2, 0) is 6.18 Å². The molecule has 1 saturated carbocycles. The first kappa shape index (κ1) is 21.4. The summed E-state index contributed by atoms with van der Waals surface area (Å²) in [7, 11) is 0. The number of carbonyl (C=O) groups is 1. The summed E-state index contributed by atoms with van der Waals surface area (Å²) in [4.78, 5) is 16.8. The molecule has 0 unspecified atom stereocenters. The minimum absolute atomic E-state index is 0.0951. The maximum absolute atomic E-state index is 13.0. The fraction of sp³-hybridized carbons (Fsp3) is 0.381. The van der Waals surface area contributed by atoms with Gasteiger partial charge >= 0.3 is 6.18 Å². The van der Waals surface area contributed by atoms with Crippen LogP contribution < -0.4 is 10.6 Å². The van der Waals surface area contributed by atoms with Gasteiger partial charge in [-0.15, -0.1) is 0 Å². The molecule has 2 aromatic heterocycles. The Bertz CT molecular complexity index is 1080. The van der Waals surface area contributed by atoms with Crippen molar-refractivity contribution in [3.05, 3.63) is 52.7 Å². The van der Waals surface area contributed by atoms with Crippen molar-refractivity contribution < 1.29 is 18.0 Å². The van der Waals surface area contributed by atoms with Crippen LogP contribution in [0.3, 0.4) is 0 Å². The second kappa shape index (κ2) is 8.74. The topological polar surface area (TPSA) is 82.7 Å². The second-order valence-corrected chi connectivity index (χ2v) is 8.09. The van der Waals surface area contributed by atoms with Gasteiger partial charge in [0.2, 0.25) is 0 Å². The molecule has 0 spiro atoms. The number of carbonyl (C=O) groups excluding carboxylic acids is 1. The van der Waals surface area contributed by atoms with Crippen LogP contribution in [0.25, 0.3) is 11.0 Å². The van der Waals surface area contributed by atoms with Crippen LogP contribution in [0.5, 0.6) is 0 Å². The molecule has 4 rings (SSSR count). The Morgan fingerprint density at radius 3 is 2.68 bits per heavy atom. The zero-order valence-electron chi connectivity index (χ0n) is 16.5. The quantitative estimate of drug-likeness (QED) is 0.508. The molecule has 31 heavy (non-hydrogen) atoms. The summed E-state index contributed by atoms with van der Waals surface area (Å²) in [6, 6.07) is 7.03. The van der Waals surface area contributed by atoms with Crippen LogP contribution in [0.4, 0.5) is 19.0 Å². The van der Waals surface area contributed by atoms with E-state index in [0.29, 0.717) is 11.7 Å². The van der Waals surface area contributed by atoms with Crippen molar-refractivity contribution in [3.8, 4) is 0 Å². The molecule has 1 aliphatic carbocycles. The SMILES string of the molecule is O=C(NC1CCC(CNc2n[nH]c3cccnc23)CC1)c1cccc(C(F)(F)F)c1Cl. The molecule has 1 amide bonds. The summed E-state index contributed by atoms with van der Waals surface area (Å²) in [5.74, 6) is 0.540. The van der Waals surface area contributed by atoms with Crippen LogP contribution in [0.15, 0.2) is 36.5 Å².